The largest absolute Gasteiger partial charge is 0.378 e. The molecule has 5 nitrogen and oxygen atoms in total. The second-order valence-electron chi connectivity index (χ2n) is 5.51. The van der Waals surface area contributed by atoms with Crippen molar-refractivity contribution in [3.63, 3.8) is 0 Å². The van der Waals surface area contributed by atoms with Gasteiger partial charge in [-0.1, -0.05) is 5.16 Å². The van der Waals surface area contributed by atoms with Crippen molar-refractivity contribution in [2.45, 2.75) is 63.0 Å². The highest BCUT2D eigenvalue weighted by Crippen LogP contribution is 2.32. The standard InChI is InChI=1S/C13H21N3O2/c14-10-5-4-9(7-10)13-15-12(16-18-13)8-11-3-1-2-6-17-11/h9-11H,1-8,14H2/t9-,10+,11?/m1/s1. The molecule has 1 aromatic heterocycles. The molecule has 2 heterocycles. The van der Waals surface area contributed by atoms with Crippen molar-refractivity contribution in [1.82, 2.24) is 10.1 Å². The van der Waals surface area contributed by atoms with Gasteiger partial charge in [-0.2, -0.15) is 4.98 Å². The summed E-state index contributed by atoms with van der Waals surface area (Å²) in [7, 11) is 0. The van der Waals surface area contributed by atoms with E-state index in [0.717, 1.165) is 50.4 Å². The van der Waals surface area contributed by atoms with E-state index in [0.29, 0.717) is 12.0 Å². The van der Waals surface area contributed by atoms with Crippen LogP contribution in [-0.4, -0.2) is 28.9 Å². The van der Waals surface area contributed by atoms with Crippen molar-refractivity contribution in [3.05, 3.63) is 11.7 Å². The molecule has 0 radical (unpaired) electrons. The van der Waals surface area contributed by atoms with Gasteiger partial charge < -0.3 is 15.0 Å². The lowest BCUT2D eigenvalue weighted by Gasteiger charge is -2.20. The van der Waals surface area contributed by atoms with Gasteiger partial charge in [-0.05, 0) is 38.5 Å². The Morgan fingerprint density at radius 1 is 1.22 bits per heavy atom. The molecule has 1 unspecified atom stereocenters. The quantitative estimate of drug-likeness (QED) is 0.886. The van der Waals surface area contributed by atoms with Crippen LogP contribution in [0.25, 0.3) is 0 Å². The first-order valence-electron chi connectivity index (χ1n) is 7.01. The third kappa shape index (κ3) is 2.72. The molecule has 1 saturated carbocycles. The highest BCUT2D eigenvalue weighted by atomic mass is 16.5. The summed E-state index contributed by atoms with van der Waals surface area (Å²) in [5.41, 5.74) is 5.91. The Morgan fingerprint density at radius 2 is 2.17 bits per heavy atom. The zero-order chi connectivity index (χ0) is 12.4. The Morgan fingerprint density at radius 3 is 2.89 bits per heavy atom. The molecule has 2 aliphatic rings. The third-order valence-corrected chi connectivity index (χ3v) is 3.99. The molecule has 5 heteroatoms. The van der Waals surface area contributed by atoms with Crippen LogP contribution >= 0.6 is 0 Å². The summed E-state index contributed by atoms with van der Waals surface area (Å²) in [5.74, 6) is 1.93. The molecule has 3 rings (SSSR count). The van der Waals surface area contributed by atoms with Crippen LogP contribution in [0.3, 0.4) is 0 Å². The minimum atomic E-state index is 0.273. The Kier molecular flexibility index (Phi) is 3.61. The first-order chi connectivity index (χ1) is 8.81. The number of hydrogen-bond donors (Lipinski definition) is 1. The van der Waals surface area contributed by atoms with Gasteiger partial charge in [0.05, 0.1) is 6.10 Å². The summed E-state index contributed by atoms with van der Waals surface area (Å²) in [5, 5.41) is 4.07. The normalized spacial score (nSPS) is 32.8. The van der Waals surface area contributed by atoms with E-state index in [2.05, 4.69) is 10.1 Å². The predicted octanol–water partition coefficient (Wildman–Crippen LogP) is 1.78. The second kappa shape index (κ2) is 5.36. The minimum absolute atomic E-state index is 0.273. The highest BCUT2D eigenvalue weighted by Gasteiger charge is 2.28. The molecule has 0 amide bonds. The number of rotatable bonds is 3. The fraction of sp³-hybridized carbons (Fsp3) is 0.846. The molecular weight excluding hydrogens is 230 g/mol. The van der Waals surface area contributed by atoms with Crippen molar-refractivity contribution >= 4 is 0 Å². The lowest BCUT2D eigenvalue weighted by atomic mass is 10.1. The number of aromatic nitrogens is 2. The van der Waals surface area contributed by atoms with Gasteiger partial charge in [-0.25, -0.2) is 0 Å². The zero-order valence-corrected chi connectivity index (χ0v) is 10.7. The van der Waals surface area contributed by atoms with Gasteiger partial charge in [-0.3, -0.25) is 0 Å². The molecule has 3 atom stereocenters. The Labute approximate surface area is 107 Å². The van der Waals surface area contributed by atoms with Crippen molar-refractivity contribution in [1.29, 1.82) is 0 Å². The van der Waals surface area contributed by atoms with E-state index in [1.54, 1.807) is 0 Å². The van der Waals surface area contributed by atoms with Gasteiger partial charge in [0.25, 0.3) is 0 Å². The average Bonchev–Trinajstić information content (AvgIpc) is 2.99. The van der Waals surface area contributed by atoms with Gasteiger partial charge in [-0.15, -0.1) is 0 Å². The summed E-state index contributed by atoms with van der Waals surface area (Å²) < 4.78 is 11.1. The number of hydrogen-bond acceptors (Lipinski definition) is 5. The van der Waals surface area contributed by atoms with Crippen LogP contribution in [0.5, 0.6) is 0 Å². The van der Waals surface area contributed by atoms with Crippen molar-refractivity contribution in [3.8, 4) is 0 Å². The molecule has 1 aromatic rings. The van der Waals surface area contributed by atoms with Gasteiger partial charge >= 0.3 is 0 Å². The predicted molar refractivity (Wildman–Crippen MR) is 66.2 cm³/mol. The van der Waals surface area contributed by atoms with Crippen molar-refractivity contribution in [2.24, 2.45) is 5.73 Å². The first kappa shape index (κ1) is 12.1. The van der Waals surface area contributed by atoms with Crippen LogP contribution in [-0.2, 0) is 11.2 Å². The lowest BCUT2D eigenvalue weighted by Crippen LogP contribution is -2.21. The maximum atomic E-state index is 5.91. The molecule has 100 valence electrons. The van der Waals surface area contributed by atoms with E-state index in [4.69, 9.17) is 15.0 Å². The van der Waals surface area contributed by atoms with Crippen LogP contribution in [0, 0.1) is 0 Å². The maximum Gasteiger partial charge on any atom is 0.229 e. The topological polar surface area (TPSA) is 74.2 Å². The third-order valence-electron chi connectivity index (χ3n) is 3.99. The molecule has 1 aliphatic carbocycles. The summed E-state index contributed by atoms with van der Waals surface area (Å²) in [6.07, 6.45) is 7.69. The molecular formula is C13H21N3O2. The van der Waals surface area contributed by atoms with E-state index in [1.165, 1.54) is 12.8 Å². The number of nitrogens with zero attached hydrogens (tertiary/aromatic N) is 2. The minimum Gasteiger partial charge on any atom is -0.378 e. The number of nitrogens with two attached hydrogens (primary N) is 1. The SMILES string of the molecule is N[C@H]1CC[C@@H](c2nc(CC3CCCCO3)no2)C1. The van der Waals surface area contributed by atoms with Gasteiger partial charge in [0.2, 0.25) is 5.89 Å². The molecule has 0 spiro atoms. The fourth-order valence-corrected chi connectivity index (χ4v) is 2.93. The molecule has 1 saturated heterocycles. The molecule has 0 aromatic carbocycles. The maximum absolute atomic E-state index is 5.91. The Bertz CT molecular complexity index is 387. The monoisotopic (exact) mass is 251 g/mol. The first-order valence-corrected chi connectivity index (χ1v) is 7.01. The molecule has 18 heavy (non-hydrogen) atoms. The van der Waals surface area contributed by atoms with E-state index in [-0.39, 0.29) is 6.10 Å². The summed E-state index contributed by atoms with van der Waals surface area (Å²) in [6, 6.07) is 0.298. The van der Waals surface area contributed by atoms with Crippen LogP contribution in [0.1, 0.15) is 56.2 Å². The van der Waals surface area contributed by atoms with Crippen molar-refractivity contribution in [2.75, 3.05) is 6.61 Å². The highest BCUT2D eigenvalue weighted by molar-refractivity contribution is 5.00. The van der Waals surface area contributed by atoms with Crippen LogP contribution in [0.2, 0.25) is 0 Å². The van der Waals surface area contributed by atoms with E-state index < -0.39 is 0 Å². The summed E-state index contributed by atoms with van der Waals surface area (Å²) in [6.45, 7) is 0.868. The smallest absolute Gasteiger partial charge is 0.229 e. The zero-order valence-electron chi connectivity index (χ0n) is 10.7. The molecule has 2 fully saturated rings. The van der Waals surface area contributed by atoms with E-state index in [1.807, 2.05) is 0 Å². The number of ether oxygens (including phenoxy) is 1. The van der Waals surface area contributed by atoms with Crippen LogP contribution < -0.4 is 5.73 Å². The van der Waals surface area contributed by atoms with Gasteiger partial charge in [0, 0.05) is 25.0 Å². The van der Waals surface area contributed by atoms with Crippen LogP contribution in [0.15, 0.2) is 4.52 Å². The van der Waals surface area contributed by atoms with Gasteiger partial charge in [0.15, 0.2) is 5.82 Å². The molecule has 0 bridgehead atoms. The van der Waals surface area contributed by atoms with E-state index >= 15 is 0 Å². The molecule has 2 N–H and O–H groups in total. The van der Waals surface area contributed by atoms with Crippen LogP contribution in [0.4, 0.5) is 0 Å². The molecule has 1 aliphatic heterocycles. The Balaban J connectivity index is 1.59. The van der Waals surface area contributed by atoms with E-state index in [9.17, 15) is 0 Å². The van der Waals surface area contributed by atoms with Crippen molar-refractivity contribution < 1.29 is 9.26 Å². The lowest BCUT2D eigenvalue weighted by molar-refractivity contribution is 0.0153. The average molecular weight is 251 g/mol. The van der Waals surface area contributed by atoms with Gasteiger partial charge in [0.1, 0.15) is 0 Å². The summed E-state index contributed by atoms with van der Waals surface area (Å²) in [4.78, 5) is 4.51. The fourth-order valence-electron chi connectivity index (χ4n) is 2.93. The second-order valence-corrected chi connectivity index (χ2v) is 5.51. The summed E-state index contributed by atoms with van der Waals surface area (Å²) >= 11 is 0. The Hall–Kier alpha value is -0.940.